The van der Waals surface area contributed by atoms with Crippen LogP contribution in [0.15, 0.2) is 83.8 Å². The van der Waals surface area contributed by atoms with E-state index in [1.165, 1.54) is 38.4 Å². The molecule has 0 radical (unpaired) electrons. The van der Waals surface area contributed by atoms with Gasteiger partial charge in [0, 0.05) is 19.7 Å². The van der Waals surface area contributed by atoms with Gasteiger partial charge in [-0.15, -0.1) is 0 Å². The van der Waals surface area contributed by atoms with E-state index in [-0.39, 0.29) is 10.5 Å². The summed E-state index contributed by atoms with van der Waals surface area (Å²) in [6, 6.07) is 21.7. The van der Waals surface area contributed by atoms with E-state index in [0.29, 0.717) is 12.0 Å². The summed E-state index contributed by atoms with van der Waals surface area (Å²) in [4.78, 5) is 37.0. The number of imide groups is 1. The Labute approximate surface area is 198 Å². The van der Waals surface area contributed by atoms with E-state index in [4.69, 9.17) is 4.74 Å². The van der Waals surface area contributed by atoms with Crippen LogP contribution >= 0.6 is 0 Å². The minimum absolute atomic E-state index is 0.0171. The van der Waals surface area contributed by atoms with Gasteiger partial charge >= 0.3 is 5.97 Å². The molecule has 3 aromatic rings. The molecule has 9 heteroatoms. The average molecular weight is 481 g/mol. The first kappa shape index (κ1) is 24.8. The highest BCUT2D eigenvalue weighted by atomic mass is 32.2. The number of sulfonamides is 1. The molecule has 0 spiro atoms. The highest BCUT2D eigenvalue weighted by Crippen LogP contribution is 2.16. The second-order valence-electron chi connectivity index (χ2n) is 7.58. The van der Waals surface area contributed by atoms with E-state index in [1.54, 1.807) is 12.1 Å². The van der Waals surface area contributed by atoms with Gasteiger partial charge in [-0.1, -0.05) is 48.5 Å². The Morgan fingerprint density at radius 2 is 1.47 bits per heavy atom. The molecule has 0 aliphatic carbocycles. The third-order valence-corrected chi connectivity index (χ3v) is 6.79. The Balaban J connectivity index is 1.58. The lowest BCUT2D eigenvalue weighted by atomic mass is 10.00. The third kappa shape index (κ3) is 6.15. The number of amides is 2. The first-order valence-corrected chi connectivity index (χ1v) is 11.8. The summed E-state index contributed by atoms with van der Waals surface area (Å²) < 4.78 is 30.4. The summed E-state index contributed by atoms with van der Waals surface area (Å²) in [5.41, 5.74) is 2.20. The number of esters is 1. The second kappa shape index (κ2) is 10.9. The maximum atomic E-state index is 12.6. The van der Waals surface area contributed by atoms with Crippen molar-refractivity contribution in [2.24, 2.45) is 0 Å². The van der Waals surface area contributed by atoms with Gasteiger partial charge in [-0.05, 0) is 47.9 Å². The van der Waals surface area contributed by atoms with Crippen molar-refractivity contribution in [3.63, 3.8) is 0 Å². The Kier molecular flexibility index (Phi) is 7.93. The smallest absolute Gasteiger partial charge is 0.338 e. The van der Waals surface area contributed by atoms with Gasteiger partial charge in [0.1, 0.15) is 0 Å². The average Bonchev–Trinajstić information content (AvgIpc) is 2.83. The Morgan fingerprint density at radius 3 is 2.12 bits per heavy atom. The highest BCUT2D eigenvalue weighted by Gasteiger charge is 2.19. The zero-order valence-electron chi connectivity index (χ0n) is 18.7. The van der Waals surface area contributed by atoms with E-state index >= 15 is 0 Å². The van der Waals surface area contributed by atoms with Crippen molar-refractivity contribution in [3.8, 4) is 0 Å². The lowest BCUT2D eigenvalue weighted by Gasteiger charge is -2.12. The van der Waals surface area contributed by atoms with Crippen LogP contribution in [-0.2, 0) is 26.0 Å². The molecule has 2 amide bonds. The predicted molar refractivity (Wildman–Crippen MR) is 126 cm³/mol. The molecule has 34 heavy (non-hydrogen) atoms. The summed E-state index contributed by atoms with van der Waals surface area (Å²) >= 11 is 0. The molecule has 1 N–H and O–H groups in total. The molecular weight excluding hydrogens is 456 g/mol. The standard InChI is InChI=1S/C25H24N2O6S/c1-27(2)34(31,32)21-14-12-19(13-15-21)24(29)26-23(28)17-33-25(30)22-11-7-6-10-20(22)16-18-8-4-3-5-9-18/h3-15H,16-17H2,1-2H3,(H,26,28,29). The topological polar surface area (TPSA) is 110 Å². The predicted octanol–water partition coefficient (Wildman–Crippen LogP) is 2.64. The molecule has 0 aliphatic rings. The van der Waals surface area contributed by atoms with Crippen molar-refractivity contribution in [1.29, 1.82) is 0 Å². The van der Waals surface area contributed by atoms with E-state index in [2.05, 4.69) is 5.32 Å². The quantitative estimate of drug-likeness (QED) is 0.497. The number of hydrogen-bond acceptors (Lipinski definition) is 6. The fourth-order valence-corrected chi connectivity index (χ4v) is 4.02. The minimum Gasteiger partial charge on any atom is -0.452 e. The molecule has 0 saturated heterocycles. The van der Waals surface area contributed by atoms with E-state index in [0.717, 1.165) is 15.4 Å². The number of rotatable bonds is 8. The molecule has 0 unspecified atom stereocenters. The van der Waals surface area contributed by atoms with Crippen LogP contribution in [0.25, 0.3) is 0 Å². The molecule has 0 aromatic heterocycles. The first-order chi connectivity index (χ1) is 16.2. The van der Waals surface area contributed by atoms with Gasteiger partial charge in [0.15, 0.2) is 6.61 Å². The van der Waals surface area contributed by atoms with E-state index in [9.17, 15) is 22.8 Å². The van der Waals surface area contributed by atoms with Crippen molar-refractivity contribution in [1.82, 2.24) is 9.62 Å². The number of benzene rings is 3. The van der Waals surface area contributed by atoms with Crippen molar-refractivity contribution in [2.75, 3.05) is 20.7 Å². The van der Waals surface area contributed by atoms with Crippen LogP contribution in [0.1, 0.15) is 31.8 Å². The van der Waals surface area contributed by atoms with E-state index < -0.39 is 34.4 Å². The van der Waals surface area contributed by atoms with Gasteiger partial charge in [-0.3, -0.25) is 14.9 Å². The zero-order chi connectivity index (χ0) is 24.7. The second-order valence-corrected chi connectivity index (χ2v) is 9.74. The SMILES string of the molecule is CN(C)S(=O)(=O)c1ccc(C(=O)NC(=O)COC(=O)c2ccccc2Cc2ccccc2)cc1. The fourth-order valence-electron chi connectivity index (χ4n) is 3.12. The number of hydrogen-bond donors (Lipinski definition) is 1. The molecule has 0 fully saturated rings. The van der Waals surface area contributed by atoms with Gasteiger partial charge < -0.3 is 4.74 Å². The third-order valence-electron chi connectivity index (χ3n) is 4.96. The Morgan fingerprint density at radius 1 is 0.853 bits per heavy atom. The molecule has 0 saturated carbocycles. The molecule has 0 atom stereocenters. The molecule has 0 heterocycles. The number of carbonyl (C=O) groups excluding carboxylic acids is 3. The summed E-state index contributed by atoms with van der Waals surface area (Å²) in [6.07, 6.45) is 0.524. The van der Waals surface area contributed by atoms with Crippen molar-refractivity contribution < 1.29 is 27.5 Å². The van der Waals surface area contributed by atoms with Crippen LogP contribution in [0.2, 0.25) is 0 Å². The highest BCUT2D eigenvalue weighted by molar-refractivity contribution is 7.89. The normalized spacial score (nSPS) is 11.1. The van der Waals surface area contributed by atoms with Gasteiger partial charge in [-0.25, -0.2) is 17.5 Å². The molecule has 0 aliphatic heterocycles. The summed E-state index contributed by atoms with van der Waals surface area (Å²) in [5.74, 6) is -2.21. The van der Waals surface area contributed by atoms with Crippen LogP contribution in [-0.4, -0.2) is 51.2 Å². The lowest BCUT2D eigenvalue weighted by Crippen LogP contribution is -2.34. The maximum Gasteiger partial charge on any atom is 0.338 e. The number of nitrogens with zero attached hydrogens (tertiary/aromatic N) is 1. The van der Waals surface area contributed by atoms with Gasteiger partial charge in [0.25, 0.3) is 11.8 Å². The first-order valence-electron chi connectivity index (χ1n) is 10.3. The van der Waals surface area contributed by atoms with Crippen LogP contribution in [0.5, 0.6) is 0 Å². The Bertz CT molecular complexity index is 1290. The fraction of sp³-hybridized carbons (Fsp3) is 0.160. The van der Waals surface area contributed by atoms with Crippen molar-refractivity contribution in [2.45, 2.75) is 11.3 Å². The maximum absolute atomic E-state index is 12.6. The molecule has 8 nitrogen and oxygen atoms in total. The molecule has 3 aromatic carbocycles. The monoisotopic (exact) mass is 480 g/mol. The molecule has 0 bridgehead atoms. The largest absolute Gasteiger partial charge is 0.452 e. The molecule has 176 valence electrons. The van der Waals surface area contributed by atoms with E-state index in [1.807, 2.05) is 42.5 Å². The van der Waals surface area contributed by atoms with Crippen LogP contribution in [0.4, 0.5) is 0 Å². The van der Waals surface area contributed by atoms with Gasteiger partial charge in [0.2, 0.25) is 10.0 Å². The van der Waals surface area contributed by atoms with Crippen LogP contribution in [0.3, 0.4) is 0 Å². The number of carbonyl (C=O) groups is 3. The van der Waals surface area contributed by atoms with Crippen LogP contribution < -0.4 is 5.32 Å². The number of ether oxygens (including phenoxy) is 1. The Hall–Kier alpha value is -3.82. The summed E-state index contributed by atoms with van der Waals surface area (Å²) in [6.45, 7) is -0.642. The van der Waals surface area contributed by atoms with Gasteiger partial charge in [0.05, 0.1) is 10.5 Å². The molecular formula is C25H24N2O6S. The summed E-state index contributed by atoms with van der Waals surface area (Å²) in [7, 11) is -0.836. The molecule has 3 rings (SSSR count). The van der Waals surface area contributed by atoms with Gasteiger partial charge in [-0.2, -0.15) is 0 Å². The lowest BCUT2D eigenvalue weighted by molar-refractivity contribution is -0.123. The minimum atomic E-state index is -3.63. The zero-order valence-corrected chi connectivity index (χ0v) is 19.5. The number of nitrogens with one attached hydrogen (secondary N) is 1. The van der Waals surface area contributed by atoms with Crippen molar-refractivity contribution in [3.05, 3.63) is 101 Å². The van der Waals surface area contributed by atoms with Crippen molar-refractivity contribution >= 4 is 27.8 Å². The van der Waals surface area contributed by atoms with Crippen LogP contribution in [0, 0.1) is 0 Å². The summed E-state index contributed by atoms with van der Waals surface area (Å²) in [5, 5.41) is 2.12.